The molecule has 3 nitrogen and oxygen atoms in total. The molecule has 4 rings (SSSR count). The molecule has 0 fully saturated rings. The van der Waals surface area contributed by atoms with E-state index < -0.39 is 0 Å². The van der Waals surface area contributed by atoms with Crippen molar-refractivity contribution in [2.45, 2.75) is 6.92 Å². The third-order valence-corrected chi connectivity index (χ3v) is 4.14. The Kier molecular flexibility index (Phi) is 3.54. The number of ether oxygens (including phenoxy) is 1. The quantitative estimate of drug-likeness (QED) is 0.531. The van der Waals surface area contributed by atoms with Crippen LogP contribution < -0.4 is 4.74 Å². The molecule has 3 aromatic carbocycles. The molecule has 0 amide bonds. The van der Waals surface area contributed by atoms with Crippen LogP contribution in [0.5, 0.6) is 11.5 Å². The van der Waals surface area contributed by atoms with Gasteiger partial charge >= 0.3 is 0 Å². The zero-order valence-corrected chi connectivity index (χ0v) is 13.4. The van der Waals surface area contributed by atoms with E-state index in [0.29, 0.717) is 6.61 Å². The Labute approximate surface area is 140 Å². The normalized spacial score (nSPS) is 11.0. The number of phenols is 1. The summed E-state index contributed by atoms with van der Waals surface area (Å²) in [4.78, 5) is 4.82. The number of pyridine rings is 1. The molecule has 0 spiro atoms. The number of aromatic nitrogens is 1. The topological polar surface area (TPSA) is 42.4 Å². The fourth-order valence-electron chi connectivity index (χ4n) is 3.07. The fourth-order valence-corrected chi connectivity index (χ4v) is 3.07. The zero-order valence-electron chi connectivity index (χ0n) is 13.4. The summed E-state index contributed by atoms with van der Waals surface area (Å²) in [5, 5.41) is 13.4. The standard InChI is InChI=1S/C21H17NO2/c1-2-24-14-11-12-19-18(13-14)15-7-3-4-8-16(15)21(22-19)17-9-5-6-10-20(17)23/h3-13,23H,2H2,1H3. The van der Waals surface area contributed by atoms with Crippen LogP contribution in [0, 0.1) is 0 Å². The predicted octanol–water partition coefficient (Wildman–Crippen LogP) is 5.16. The first-order valence-electron chi connectivity index (χ1n) is 8.01. The molecule has 0 radical (unpaired) electrons. The second kappa shape index (κ2) is 5.85. The fraction of sp³-hybridized carbons (Fsp3) is 0.0952. The predicted molar refractivity (Wildman–Crippen MR) is 97.5 cm³/mol. The maximum atomic E-state index is 10.2. The van der Waals surface area contributed by atoms with Crippen LogP contribution in [0.4, 0.5) is 0 Å². The van der Waals surface area contributed by atoms with E-state index in [1.54, 1.807) is 6.07 Å². The molecule has 24 heavy (non-hydrogen) atoms. The lowest BCUT2D eigenvalue weighted by atomic mass is 9.99. The van der Waals surface area contributed by atoms with Gasteiger partial charge in [0.2, 0.25) is 0 Å². The number of aromatic hydroxyl groups is 1. The average Bonchev–Trinajstić information content (AvgIpc) is 2.62. The second-order valence-corrected chi connectivity index (χ2v) is 5.64. The summed E-state index contributed by atoms with van der Waals surface area (Å²) in [6.07, 6.45) is 0. The van der Waals surface area contributed by atoms with Gasteiger partial charge in [0.25, 0.3) is 0 Å². The third kappa shape index (κ3) is 2.35. The van der Waals surface area contributed by atoms with Crippen molar-refractivity contribution in [1.82, 2.24) is 4.98 Å². The minimum Gasteiger partial charge on any atom is -0.507 e. The minimum atomic E-state index is 0.237. The Bertz CT molecular complexity index is 1040. The first-order valence-corrected chi connectivity index (χ1v) is 8.01. The lowest BCUT2D eigenvalue weighted by molar-refractivity contribution is 0.341. The third-order valence-electron chi connectivity index (χ3n) is 4.14. The van der Waals surface area contributed by atoms with E-state index in [-0.39, 0.29) is 5.75 Å². The molecule has 3 heteroatoms. The van der Waals surface area contributed by atoms with Crippen LogP contribution in [0.2, 0.25) is 0 Å². The molecule has 0 saturated heterocycles. The monoisotopic (exact) mass is 315 g/mol. The molecule has 1 heterocycles. The molecule has 0 saturated carbocycles. The summed E-state index contributed by atoms with van der Waals surface area (Å²) < 4.78 is 5.63. The summed E-state index contributed by atoms with van der Waals surface area (Å²) in [5.41, 5.74) is 2.42. The van der Waals surface area contributed by atoms with Gasteiger partial charge in [-0.15, -0.1) is 0 Å². The molecule has 118 valence electrons. The number of hydrogen-bond donors (Lipinski definition) is 1. The van der Waals surface area contributed by atoms with Crippen molar-refractivity contribution in [1.29, 1.82) is 0 Å². The molecule has 1 N–H and O–H groups in total. The molecule has 4 aromatic rings. The molecular weight excluding hydrogens is 298 g/mol. The molecule has 0 atom stereocenters. The van der Waals surface area contributed by atoms with Gasteiger partial charge < -0.3 is 9.84 Å². The Balaban J connectivity index is 2.08. The van der Waals surface area contributed by atoms with Gasteiger partial charge in [-0.1, -0.05) is 36.4 Å². The second-order valence-electron chi connectivity index (χ2n) is 5.64. The number of para-hydroxylation sites is 1. The van der Waals surface area contributed by atoms with Gasteiger partial charge in [0, 0.05) is 16.3 Å². The molecule has 0 aliphatic heterocycles. The van der Waals surface area contributed by atoms with E-state index in [1.807, 2.05) is 61.5 Å². The molecule has 0 aliphatic rings. The number of fused-ring (bicyclic) bond motifs is 3. The van der Waals surface area contributed by atoms with Crippen molar-refractivity contribution in [2.24, 2.45) is 0 Å². The molecular formula is C21H17NO2. The number of benzene rings is 3. The van der Waals surface area contributed by atoms with Crippen molar-refractivity contribution in [3.8, 4) is 22.8 Å². The average molecular weight is 315 g/mol. The van der Waals surface area contributed by atoms with Crippen molar-refractivity contribution in [2.75, 3.05) is 6.61 Å². The number of nitrogens with zero attached hydrogens (tertiary/aromatic N) is 1. The van der Waals surface area contributed by atoms with Gasteiger partial charge in [-0.2, -0.15) is 0 Å². The smallest absolute Gasteiger partial charge is 0.124 e. The highest BCUT2D eigenvalue weighted by Crippen LogP contribution is 2.36. The van der Waals surface area contributed by atoms with Gasteiger partial charge in [-0.3, -0.25) is 0 Å². The largest absolute Gasteiger partial charge is 0.507 e. The van der Waals surface area contributed by atoms with Gasteiger partial charge in [-0.25, -0.2) is 4.98 Å². The lowest BCUT2D eigenvalue weighted by Gasteiger charge is -2.12. The first kappa shape index (κ1) is 14.5. The number of hydrogen-bond acceptors (Lipinski definition) is 3. The van der Waals surface area contributed by atoms with Gasteiger partial charge in [0.1, 0.15) is 11.5 Å². The van der Waals surface area contributed by atoms with Crippen LogP contribution in [0.15, 0.2) is 66.7 Å². The van der Waals surface area contributed by atoms with Crippen LogP contribution in [0.1, 0.15) is 6.92 Å². The summed E-state index contributed by atoms with van der Waals surface area (Å²) in [7, 11) is 0. The van der Waals surface area contributed by atoms with E-state index in [9.17, 15) is 5.11 Å². The lowest BCUT2D eigenvalue weighted by Crippen LogP contribution is -1.93. The molecule has 0 bridgehead atoms. The molecule has 0 unspecified atom stereocenters. The van der Waals surface area contributed by atoms with Crippen molar-refractivity contribution in [3.05, 3.63) is 66.7 Å². The van der Waals surface area contributed by atoms with E-state index in [2.05, 4.69) is 6.07 Å². The van der Waals surface area contributed by atoms with Crippen LogP contribution in [-0.2, 0) is 0 Å². The van der Waals surface area contributed by atoms with Crippen molar-refractivity contribution >= 4 is 21.7 Å². The summed E-state index contributed by atoms with van der Waals surface area (Å²) in [6.45, 7) is 2.61. The van der Waals surface area contributed by atoms with Crippen LogP contribution in [0.3, 0.4) is 0 Å². The van der Waals surface area contributed by atoms with Crippen molar-refractivity contribution < 1.29 is 9.84 Å². The summed E-state index contributed by atoms with van der Waals surface area (Å²) in [6, 6.07) is 21.4. The van der Waals surface area contributed by atoms with Crippen LogP contribution in [-0.4, -0.2) is 16.7 Å². The van der Waals surface area contributed by atoms with E-state index >= 15 is 0 Å². The Morgan fingerprint density at radius 2 is 1.62 bits per heavy atom. The number of rotatable bonds is 3. The van der Waals surface area contributed by atoms with E-state index in [1.165, 1.54) is 0 Å². The molecule has 1 aromatic heterocycles. The molecule has 0 aliphatic carbocycles. The Hall–Kier alpha value is -3.07. The highest BCUT2D eigenvalue weighted by atomic mass is 16.5. The SMILES string of the molecule is CCOc1ccc2nc(-c3ccccc3O)c3ccccc3c2c1. The summed E-state index contributed by atoms with van der Waals surface area (Å²) >= 11 is 0. The van der Waals surface area contributed by atoms with Gasteiger partial charge in [0.15, 0.2) is 0 Å². The zero-order chi connectivity index (χ0) is 16.5. The highest BCUT2D eigenvalue weighted by molar-refractivity contribution is 6.11. The first-order chi connectivity index (χ1) is 11.8. The van der Waals surface area contributed by atoms with Gasteiger partial charge in [0.05, 0.1) is 17.8 Å². The van der Waals surface area contributed by atoms with Crippen LogP contribution in [0.25, 0.3) is 32.9 Å². The maximum absolute atomic E-state index is 10.2. The Morgan fingerprint density at radius 3 is 2.42 bits per heavy atom. The van der Waals surface area contributed by atoms with E-state index in [4.69, 9.17) is 9.72 Å². The highest BCUT2D eigenvalue weighted by Gasteiger charge is 2.13. The maximum Gasteiger partial charge on any atom is 0.124 e. The van der Waals surface area contributed by atoms with Crippen molar-refractivity contribution in [3.63, 3.8) is 0 Å². The van der Waals surface area contributed by atoms with E-state index in [0.717, 1.165) is 38.7 Å². The minimum absolute atomic E-state index is 0.237. The summed E-state index contributed by atoms with van der Waals surface area (Å²) in [5.74, 6) is 1.08. The van der Waals surface area contributed by atoms with Gasteiger partial charge in [-0.05, 0) is 42.6 Å². The van der Waals surface area contributed by atoms with Crippen LogP contribution >= 0.6 is 0 Å². The number of phenolic OH excluding ortho intramolecular Hbond substituents is 1. The Morgan fingerprint density at radius 1 is 0.875 bits per heavy atom.